The van der Waals surface area contributed by atoms with E-state index in [9.17, 15) is 84.3 Å². The van der Waals surface area contributed by atoms with Crippen LogP contribution in [-0.2, 0) is 43.8 Å². The van der Waals surface area contributed by atoms with Gasteiger partial charge in [0, 0.05) is 38.2 Å². The van der Waals surface area contributed by atoms with Gasteiger partial charge in [-0.3, -0.25) is 58.3 Å². The molecule has 21 N–H and O–H groups in total. The summed E-state index contributed by atoms with van der Waals surface area (Å²) in [6.45, 7) is 17.1. The molecule has 121 heavy (non-hydrogen) atoms. The molecule has 10 amide bonds. The Kier molecular flexibility index (Phi) is 29.2. The van der Waals surface area contributed by atoms with Crippen molar-refractivity contribution < 1.29 is 108 Å². The van der Waals surface area contributed by atoms with Crippen LogP contribution in [0.2, 0.25) is 0 Å². The van der Waals surface area contributed by atoms with E-state index < -0.39 is 221 Å². The number of hydrogen-bond donors (Lipinski definition) is 20. The van der Waals surface area contributed by atoms with Crippen LogP contribution in [-0.4, -0.2) is 249 Å². The lowest BCUT2D eigenvalue weighted by molar-refractivity contribution is -0.205. The van der Waals surface area contributed by atoms with Gasteiger partial charge in [0.1, 0.15) is 149 Å². The number of carbonyl (C=O) groups excluding carboxylic acids is 11. The number of aliphatic hydroxyl groups excluding tert-OH is 8. The highest BCUT2D eigenvalue weighted by Crippen LogP contribution is 2.48. The third-order valence-corrected chi connectivity index (χ3v) is 27.0. The highest BCUT2D eigenvalue weighted by molar-refractivity contribution is 7.99. The van der Waals surface area contributed by atoms with Gasteiger partial charge in [-0.05, 0) is 85.8 Å². The van der Waals surface area contributed by atoms with Gasteiger partial charge in [-0.25, -0.2) is 34.7 Å². The maximum atomic E-state index is 15.5. The number of aliphatic hydroxyl groups is 9. The van der Waals surface area contributed by atoms with Crippen molar-refractivity contribution in [2.24, 2.45) is 16.6 Å². The number of amides is 10. The summed E-state index contributed by atoms with van der Waals surface area (Å²) in [4.78, 5) is 193. The van der Waals surface area contributed by atoms with Crippen LogP contribution in [0.15, 0.2) is 62.4 Å². The molecule has 13 bridgehead atoms. The number of nitrogens with zero attached hydrogens (tertiary/aromatic N) is 7. The molecule has 0 radical (unpaired) electrons. The van der Waals surface area contributed by atoms with Gasteiger partial charge in [-0.1, -0.05) is 45.1 Å². The SMILES string of the molecule is C=C1NC(=O)[C@H](C)NC(=O)[C@H]([C@@H](C)CC)NC2C=Cc3c([C@H](C)O)cc(nc3[C@H]2O)C(=O)O[C@H](C)[C@@H]2NC(=O)c3csc(n3)[C@H]([C@](C)(O)[C@@H](C)O)NC(=O)c3csc(n3)/C(=C/C)NC(=O)[C@H]([C@@H](C)O)NC(=O)c3csc(n3)C3(CCC(c4nc(C(=O)NC(CSC5OC(CO)C(O)C(O)C5O)C(N)=O)cs4)=N[C@@H]3c3csc2n3)NC(=O)[C@H](C)NC1=O. The second-order valence-electron chi connectivity index (χ2n) is 29.8. The normalized spacial score (nSPS) is 29.0. The number of allylic oxidation sites excluding steroid dienone is 1. The first kappa shape index (κ1) is 92.0. The first-order valence-electron chi connectivity index (χ1n) is 38.0. The Hall–Kier alpha value is -9.73. The molecule has 0 spiro atoms. The molecule has 0 aromatic carbocycles. The molecule has 40 nitrogen and oxygen atoms in total. The molecular weight excluding hydrogens is 1700 g/mol. The van der Waals surface area contributed by atoms with Crippen LogP contribution in [0.25, 0.3) is 11.8 Å². The summed E-state index contributed by atoms with van der Waals surface area (Å²) in [6.07, 6.45) is -9.92. The first-order valence-corrected chi connectivity index (χ1v) is 43.5. The van der Waals surface area contributed by atoms with E-state index in [0.29, 0.717) is 6.42 Å². The number of esters is 1. The molecule has 4 aliphatic heterocycles. The van der Waals surface area contributed by atoms with E-state index in [-0.39, 0.29) is 94.6 Å². The molecule has 8 unspecified atom stereocenters. The van der Waals surface area contributed by atoms with E-state index in [4.69, 9.17) is 30.2 Å². The van der Waals surface area contributed by atoms with Crippen molar-refractivity contribution in [2.45, 2.75) is 214 Å². The summed E-state index contributed by atoms with van der Waals surface area (Å²) < 4.78 is 11.9. The maximum absolute atomic E-state index is 15.5. The van der Waals surface area contributed by atoms with Crippen molar-refractivity contribution in [2.75, 3.05) is 12.4 Å². The van der Waals surface area contributed by atoms with Crippen LogP contribution in [0.3, 0.4) is 0 Å². The predicted octanol–water partition coefficient (Wildman–Crippen LogP) is -0.755. The fourth-order valence-corrected chi connectivity index (χ4v) is 19.3. The third-order valence-electron chi connectivity index (χ3n) is 21.1. The van der Waals surface area contributed by atoms with Gasteiger partial charge in [0.15, 0.2) is 0 Å². The van der Waals surface area contributed by atoms with Gasteiger partial charge in [0.2, 0.25) is 29.5 Å². The van der Waals surface area contributed by atoms with Crippen molar-refractivity contribution in [1.82, 2.24) is 83.1 Å². The van der Waals surface area contributed by atoms with Crippen LogP contribution >= 0.6 is 68.4 Å². The van der Waals surface area contributed by atoms with E-state index in [1.807, 2.05) is 0 Å². The number of rotatable bonds is 14. The molecule has 1 fully saturated rings. The summed E-state index contributed by atoms with van der Waals surface area (Å²) in [6, 6.07) is -12.1. The number of thiazole rings is 5. The van der Waals surface area contributed by atoms with Gasteiger partial charge in [0.05, 0.1) is 65.5 Å². The summed E-state index contributed by atoms with van der Waals surface area (Å²) in [7, 11) is 0. The van der Waals surface area contributed by atoms with E-state index in [0.717, 1.165) is 68.4 Å². The second kappa shape index (κ2) is 38.4. The van der Waals surface area contributed by atoms with Crippen molar-refractivity contribution in [3.8, 4) is 0 Å². The number of primary amides is 1. The molecule has 650 valence electrons. The van der Waals surface area contributed by atoms with E-state index in [2.05, 4.69) is 79.7 Å². The second-order valence-corrected chi connectivity index (χ2v) is 35.3. The van der Waals surface area contributed by atoms with E-state index in [1.165, 1.54) is 107 Å². The maximum Gasteiger partial charge on any atom is 0.357 e. The van der Waals surface area contributed by atoms with Crippen molar-refractivity contribution in [1.29, 1.82) is 0 Å². The van der Waals surface area contributed by atoms with Crippen LogP contribution in [0.5, 0.6) is 0 Å². The zero-order valence-electron chi connectivity index (χ0n) is 66.5. The van der Waals surface area contributed by atoms with Crippen molar-refractivity contribution in [3.05, 3.63) is 133 Å². The van der Waals surface area contributed by atoms with Crippen LogP contribution in [0.4, 0.5) is 0 Å². The summed E-state index contributed by atoms with van der Waals surface area (Å²) in [5, 5.41) is 133. The molecule has 10 heterocycles. The third kappa shape index (κ3) is 20.0. The highest BCUT2D eigenvalue weighted by atomic mass is 32.2. The molecule has 46 heteroatoms. The number of nitrogens with two attached hydrogens (primary N) is 1. The number of aromatic nitrogens is 6. The molecule has 0 saturated carbocycles. The molecule has 22 atom stereocenters. The fourth-order valence-electron chi connectivity index (χ4n) is 13.4. The van der Waals surface area contributed by atoms with Gasteiger partial charge in [-0.15, -0.1) is 68.4 Å². The first-order chi connectivity index (χ1) is 57.2. The smallest absolute Gasteiger partial charge is 0.357 e. The molecule has 1 aliphatic carbocycles. The van der Waals surface area contributed by atoms with Crippen LogP contribution < -0.4 is 58.9 Å². The molecule has 5 aliphatic rings. The average Bonchev–Trinajstić information content (AvgIpc) is 1.67. The van der Waals surface area contributed by atoms with Crippen molar-refractivity contribution in [3.63, 3.8) is 0 Å². The summed E-state index contributed by atoms with van der Waals surface area (Å²) in [5.41, 5.74) is -2.14. The summed E-state index contributed by atoms with van der Waals surface area (Å²) >= 11 is 4.89. The van der Waals surface area contributed by atoms with Gasteiger partial charge in [0.25, 0.3) is 29.5 Å². The lowest BCUT2D eigenvalue weighted by atomic mass is 9.80. The number of nitrogens with one attached hydrogen (secondary N) is 10. The van der Waals surface area contributed by atoms with Crippen molar-refractivity contribution >= 4 is 151 Å². The Bertz CT molecular complexity index is 5080. The summed E-state index contributed by atoms with van der Waals surface area (Å²) in [5.74, 6) is -11.8. The Morgan fingerprint density at radius 3 is 2.08 bits per heavy atom. The number of cyclic esters (lactones) is 1. The number of carbonyl (C=O) groups is 11. The Balaban J connectivity index is 1.08. The van der Waals surface area contributed by atoms with Crippen LogP contribution in [0, 0.1) is 5.92 Å². The van der Waals surface area contributed by atoms with Gasteiger partial charge in [-0.2, -0.15) is 0 Å². The van der Waals surface area contributed by atoms with Crippen LogP contribution in [0.1, 0.15) is 219 Å². The highest BCUT2D eigenvalue weighted by Gasteiger charge is 2.52. The number of hydrogen-bond acceptors (Lipinski definition) is 36. The monoisotopic (exact) mass is 1790 g/mol. The molecule has 1 saturated heterocycles. The molecule has 6 aromatic heterocycles. The fraction of sp³-hybridized carbons (Fsp3) is 0.493. The minimum Gasteiger partial charge on any atom is -0.455 e. The topological polar surface area (TPSA) is 624 Å². The largest absolute Gasteiger partial charge is 0.455 e. The number of thioether (sulfide) groups is 1. The van der Waals surface area contributed by atoms with E-state index >= 15 is 14.4 Å². The molecule has 6 aromatic rings. The number of pyridine rings is 1. The Labute approximate surface area is 714 Å². The number of aliphatic imine (C=N–C) groups is 1. The number of ether oxygens (including phenoxy) is 2. The molecule has 11 rings (SSSR count). The number of fused-ring (bicyclic) bond motifs is 8. The zero-order valence-corrected chi connectivity index (χ0v) is 71.4. The zero-order chi connectivity index (χ0) is 88.3. The molecular formula is C75H92N18O22S6. The minimum absolute atomic E-state index is 0.00159. The van der Waals surface area contributed by atoms with Gasteiger partial charge >= 0.3 is 5.97 Å². The lowest BCUT2D eigenvalue weighted by Crippen LogP contribution is -2.58. The standard InChI is InChI=1S/C75H92N18O22S6/c1-12-26(3)47-65(110)79-28(5)59(104)77-27(4)58(103)78-29(6)60(105)93-75-17-16-38(68-87-42(22-117-68)61(106)84-41(57(76)102)21-120-72-54(101)53(100)52(99)46(19-94)115-72)82-55(75)40-20-118-69(85-40)49(32(9)114-71(112)39-18-35(30(7)95)34-14-15-37(80-47)51(98)50(34)81-39)91-62(107)43-24-119-70(88-43)56(74(11,113)33(10)97)92-64(109)44-23-116-67(86-44)36(13-2)83-66(111)48(31(8)96)90-63(108)45-25-121-73(75)89-45/h13-15,18,20,22-26,28-33,37,41,46-49,51-56,72,80,94-101,113H,4,12,16-17,19,21H2,1-3,5-11H3,(H2,76,102)(H,77,104)(H,78,103)(H,79,110)(H,83,111)(H,84,106)(H,90,108)(H,91,107)(H,92,109)(H,93,105)/b36-13-/t26-,28-,29-,30-,31+,32+,33+,37?,41?,46?,47-,48-,49-,51-,52?,53?,54?,55+,56+,72?,74+,75?/m0/s1. The Morgan fingerprint density at radius 2 is 1.40 bits per heavy atom. The van der Waals surface area contributed by atoms with E-state index in [1.54, 1.807) is 13.8 Å². The minimum atomic E-state index is -2.25. The lowest BCUT2D eigenvalue weighted by Gasteiger charge is -2.41. The quantitative estimate of drug-likeness (QED) is 0.0471. The average molecular weight is 1790 g/mol. The van der Waals surface area contributed by atoms with Gasteiger partial charge < -0.3 is 109 Å². The predicted molar refractivity (Wildman–Crippen MR) is 439 cm³/mol. The Morgan fingerprint density at radius 1 is 0.744 bits per heavy atom.